The average Bonchev–Trinajstić information content (AvgIpc) is 3.04. The number of hydrogen-bond donors (Lipinski definition) is 1. The van der Waals surface area contributed by atoms with Crippen LogP contribution in [0.2, 0.25) is 0 Å². The molecule has 1 heterocycles. The van der Waals surface area contributed by atoms with Crippen molar-refractivity contribution in [2.24, 2.45) is 0 Å². The molecule has 3 aromatic rings. The van der Waals surface area contributed by atoms with Gasteiger partial charge in [-0.3, -0.25) is 4.79 Å². The van der Waals surface area contributed by atoms with E-state index in [4.69, 9.17) is 0 Å². The smallest absolute Gasteiger partial charge is 0.267 e. The van der Waals surface area contributed by atoms with Crippen molar-refractivity contribution in [1.29, 1.82) is 0 Å². The highest BCUT2D eigenvalue weighted by Crippen LogP contribution is 2.28. The van der Waals surface area contributed by atoms with Crippen molar-refractivity contribution in [3.63, 3.8) is 0 Å². The molecule has 25 heavy (non-hydrogen) atoms. The molecular formula is C21H22N2OS. The number of benzene rings is 2. The van der Waals surface area contributed by atoms with E-state index in [0.29, 0.717) is 10.8 Å². The number of aromatic nitrogens is 1. The minimum absolute atomic E-state index is 0.103. The third-order valence-electron chi connectivity index (χ3n) is 4.37. The molecule has 0 aliphatic heterocycles. The highest BCUT2D eigenvalue weighted by Gasteiger charge is 2.16. The molecule has 128 valence electrons. The Morgan fingerprint density at radius 3 is 2.44 bits per heavy atom. The predicted octanol–water partition coefficient (Wildman–Crippen LogP) is 5.88. The number of anilines is 1. The van der Waals surface area contributed by atoms with Crippen molar-refractivity contribution >= 4 is 22.9 Å². The minimum atomic E-state index is -0.103. The Bertz CT molecular complexity index is 853. The summed E-state index contributed by atoms with van der Waals surface area (Å²) in [6.45, 7) is 6.26. The van der Waals surface area contributed by atoms with Crippen LogP contribution in [0.5, 0.6) is 0 Å². The number of rotatable bonds is 5. The zero-order valence-electron chi connectivity index (χ0n) is 14.7. The van der Waals surface area contributed by atoms with E-state index >= 15 is 0 Å². The maximum Gasteiger partial charge on any atom is 0.267 e. The van der Waals surface area contributed by atoms with E-state index in [0.717, 1.165) is 28.4 Å². The van der Waals surface area contributed by atoms with Crippen molar-refractivity contribution < 1.29 is 4.79 Å². The molecule has 1 amide bonds. The third kappa shape index (κ3) is 3.97. The molecule has 0 fully saturated rings. The number of aryl methyl sites for hydroxylation is 1. The molecule has 0 aliphatic carbocycles. The van der Waals surface area contributed by atoms with E-state index in [1.807, 2.05) is 49.4 Å². The summed E-state index contributed by atoms with van der Waals surface area (Å²) in [7, 11) is 0. The summed E-state index contributed by atoms with van der Waals surface area (Å²) in [4.78, 5) is 17.8. The molecule has 1 atom stereocenters. The molecule has 3 rings (SSSR count). The number of hydrogen-bond acceptors (Lipinski definition) is 3. The second-order valence-corrected chi connectivity index (χ2v) is 7.18. The maximum atomic E-state index is 12.6. The van der Waals surface area contributed by atoms with Crippen LogP contribution in [0.25, 0.3) is 10.6 Å². The number of amides is 1. The van der Waals surface area contributed by atoms with Gasteiger partial charge in [0.1, 0.15) is 9.88 Å². The normalized spacial score (nSPS) is 12.0. The van der Waals surface area contributed by atoms with Crippen LogP contribution in [0.3, 0.4) is 0 Å². The molecule has 0 radical (unpaired) electrons. The van der Waals surface area contributed by atoms with Gasteiger partial charge in [0.2, 0.25) is 0 Å². The molecule has 0 saturated carbocycles. The van der Waals surface area contributed by atoms with E-state index in [1.54, 1.807) is 0 Å². The largest absolute Gasteiger partial charge is 0.321 e. The first-order valence-electron chi connectivity index (χ1n) is 8.52. The number of nitrogens with zero attached hydrogens (tertiary/aromatic N) is 1. The molecule has 0 aliphatic rings. The molecule has 0 spiro atoms. The summed E-state index contributed by atoms with van der Waals surface area (Å²) in [5.74, 6) is 0.426. The number of thiazole rings is 1. The predicted molar refractivity (Wildman–Crippen MR) is 105 cm³/mol. The second kappa shape index (κ2) is 7.62. The highest BCUT2D eigenvalue weighted by molar-refractivity contribution is 7.17. The molecule has 3 nitrogen and oxygen atoms in total. The molecule has 0 saturated heterocycles. The van der Waals surface area contributed by atoms with Crippen LogP contribution in [0, 0.1) is 6.92 Å². The molecule has 0 bridgehead atoms. The Morgan fingerprint density at radius 1 is 1.12 bits per heavy atom. The first-order chi connectivity index (χ1) is 12.1. The number of carbonyl (C=O) groups is 1. The van der Waals surface area contributed by atoms with Gasteiger partial charge in [-0.25, -0.2) is 4.98 Å². The van der Waals surface area contributed by atoms with Crippen LogP contribution >= 0.6 is 11.3 Å². The van der Waals surface area contributed by atoms with Crippen LogP contribution in [-0.2, 0) is 0 Å². The van der Waals surface area contributed by atoms with Crippen molar-refractivity contribution in [2.75, 3.05) is 5.32 Å². The summed E-state index contributed by atoms with van der Waals surface area (Å²) in [6, 6.07) is 18.0. The monoisotopic (exact) mass is 350 g/mol. The van der Waals surface area contributed by atoms with Crippen LogP contribution < -0.4 is 5.32 Å². The molecule has 2 aromatic carbocycles. The summed E-state index contributed by atoms with van der Waals surface area (Å²) in [5.41, 5.74) is 3.90. The molecule has 1 aromatic heterocycles. The fourth-order valence-corrected chi connectivity index (χ4v) is 3.60. The summed E-state index contributed by atoms with van der Waals surface area (Å²) < 4.78 is 0. The Balaban J connectivity index is 1.76. The quantitative estimate of drug-likeness (QED) is 0.624. The van der Waals surface area contributed by atoms with Crippen LogP contribution in [0.15, 0.2) is 54.6 Å². The Labute approximate surface area is 152 Å². The lowest BCUT2D eigenvalue weighted by atomic mass is 9.99. The standard InChI is InChI=1S/C21H22N2OS/c1-4-14(2)16-10-12-18(13-11-16)23-20(24)19-15(3)22-21(25-19)17-8-6-5-7-9-17/h5-14H,4H2,1-3H3,(H,23,24)/t14-/m1/s1. The van der Waals surface area contributed by atoms with Gasteiger partial charge in [0.25, 0.3) is 5.91 Å². The van der Waals surface area contributed by atoms with Gasteiger partial charge in [-0.15, -0.1) is 11.3 Å². The van der Waals surface area contributed by atoms with Gasteiger partial charge in [0.15, 0.2) is 0 Å². The topological polar surface area (TPSA) is 42.0 Å². The second-order valence-electron chi connectivity index (χ2n) is 6.19. The van der Waals surface area contributed by atoms with Gasteiger partial charge in [-0.05, 0) is 37.0 Å². The summed E-state index contributed by atoms with van der Waals surface area (Å²) in [5, 5.41) is 3.85. The van der Waals surface area contributed by atoms with Crippen molar-refractivity contribution in [2.45, 2.75) is 33.1 Å². The fourth-order valence-electron chi connectivity index (χ4n) is 2.63. The number of nitrogens with one attached hydrogen (secondary N) is 1. The summed E-state index contributed by atoms with van der Waals surface area (Å²) >= 11 is 1.43. The fraction of sp³-hybridized carbons (Fsp3) is 0.238. The SMILES string of the molecule is CC[C@@H](C)c1ccc(NC(=O)c2sc(-c3ccccc3)nc2C)cc1. The van der Waals surface area contributed by atoms with Gasteiger partial charge in [0.05, 0.1) is 5.69 Å². The zero-order chi connectivity index (χ0) is 17.8. The molecule has 0 unspecified atom stereocenters. The van der Waals surface area contributed by atoms with Gasteiger partial charge >= 0.3 is 0 Å². The van der Waals surface area contributed by atoms with Gasteiger partial charge < -0.3 is 5.32 Å². The van der Waals surface area contributed by atoms with E-state index in [-0.39, 0.29) is 5.91 Å². The van der Waals surface area contributed by atoms with Crippen molar-refractivity contribution in [1.82, 2.24) is 4.98 Å². The Kier molecular flexibility index (Phi) is 5.29. The van der Waals surface area contributed by atoms with Gasteiger partial charge in [-0.1, -0.05) is 56.3 Å². The van der Waals surface area contributed by atoms with Crippen molar-refractivity contribution in [3.05, 3.63) is 70.7 Å². The lowest BCUT2D eigenvalue weighted by Crippen LogP contribution is -2.11. The Morgan fingerprint density at radius 2 is 1.80 bits per heavy atom. The first kappa shape index (κ1) is 17.4. The molecular weight excluding hydrogens is 328 g/mol. The minimum Gasteiger partial charge on any atom is -0.321 e. The maximum absolute atomic E-state index is 12.6. The van der Waals surface area contributed by atoms with Crippen LogP contribution in [-0.4, -0.2) is 10.9 Å². The van der Waals surface area contributed by atoms with Crippen molar-refractivity contribution in [3.8, 4) is 10.6 Å². The Hall–Kier alpha value is -2.46. The molecule has 4 heteroatoms. The first-order valence-corrected chi connectivity index (χ1v) is 9.34. The lowest BCUT2D eigenvalue weighted by molar-refractivity contribution is 0.103. The zero-order valence-corrected chi connectivity index (χ0v) is 15.6. The number of carbonyl (C=O) groups excluding carboxylic acids is 1. The van der Waals surface area contributed by atoms with Crippen LogP contribution in [0.4, 0.5) is 5.69 Å². The van der Waals surface area contributed by atoms with E-state index in [1.165, 1.54) is 16.9 Å². The summed E-state index contributed by atoms with van der Waals surface area (Å²) in [6.07, 6.45) is 1.11. The van der Waals surface area contributed by atoms with Gasteiger partial charge in [0, 0.05) is 11.3 Å². The van der Waals surface area contributed by atoms with E-state index in [9.17, 15) is 4.79 Å². The van der Waals surface area contributed by atoms with E-state index in [2.05, 4.69) is 36.3 Å². The third-order valence-corrected chi connectivity index (χ3v) is 5.58. The molecule has 1 N–H and O–H groups in total. The van der Waals surface area contributed by atoms with Gasteiger partial charge in [-0.2, -0.15) is 0 Å². The average molecular weight is 350 g/mol. The van der Waals surface area contributed by atoms with Crippen LogP contribution in [0.1, 0.15) is 47.1 Å². The lowest BCUT2D eigenvalue weighted by Gasteiger charge is -2.10. The van der Waals surface area contributed by atoms with E-state index < -0.39 is 0 Å². The highest BCUT2D eigenvalue weighted by atomic mass is 32.1.